The summed E-state index contributed by atoms with van der Waals surface area (Å²) in [7, 11) is 0. The summed E-state index contributed by atoms with van der Waals surface area (Å²) < 4.78 is 11.3. The van der Waals surface area contributed by atoms with Gasteiger partial charge in [0.2, 0.25) is 5.88 Å². The minimum absolute atomic E-state index is 0.0774. The van der Waals surface area contributed by atoms with Gasteiger partial charge in [-0.15, -0.1) is 0 Å². The van der Waals surface area contributed by atoms with Crippen molar-refractivity contribution in [1.29, 1.82) is 5.26 Å². The maximum atomic E-state index is 12.6. The first-order valence-electron chi connectivity index (χ1n) is 10.4. The Morgan fingerprint density at radius 1 is 1.15 bits per heavy atom. The lowest BCUT2D eigenvalue weighted by molar-refractivity contribution is -0.385. The van der Waals surface area contributed by atoms with Crippen LogP contribution in [0.3, 0.4) is 0 Å². The maximum absolute atomic E-state index is 12.6. The molecule has 0 saturated carbocycles. The molecule has 9 nitrogen and oxygen atoms in total. The molecule has 0 aliphatic carbocycles. The highest BCUT2D eigenvalue weighted by Crippen LogP contribution is 2.33. The smallest absolute Gasteiger partial charge is 0.287 e. The van der Waals surface area contributed by atoms with E-state index in [1.807, 2.05) is 32.0 Å². The Morgan fingerprint density at radius 3 is 2.56 bits per heavy atom. The van der Waals surface area contributed by atoms with Crippen LogP contribution in [-0.2, 0) is 4.79 Å². The summed E-state index contributed by atoms with van der Waals surface area (Å²) in [5.74, 6) is 0.321. The van der Waals surface area contributed by atoms with Gasteiger partial charge in [0, 0.05) is 17.8 Å². The van der Waals surface area contributed by atoms with E-state index in [4.69, 9.17) is 9.47 Å². The number of anilines is 1. The van der Waals surface area contributed by atoms with E-state index >= 15 is 0 Å². The van der Waals surface area contributed by atoms with Crippen molar-refractivity contribution < 1.29 is 19.2 Å². The van der Waals surface area contributed by atoms with E-state index in [0.29, 0.717) is 29.4 Å². The summed E-state index contributed by atoms with van der Waals surface area (Å²) in [6.07, 6.45) is 2.55. The predicted molar refractivity (Wildman–Crippen MR) is 127 cm³/mol. The molecule has 3 aromatic rings. The molecule has 0 fully saturated rings. The van der Waals surface area contributed by atoms with Crippen molar-refractivity contribution in [3.63, 3.8) is 0 Å². The number of rotatable bonds is 8. The molecule has 2 aromatic carbocycles. The van der Waals surface area contributed by atoms with Gasteiger partial charge in [-0.1, -0.05) is 12.1 Å². The molecule has 172 valence electrons. The second-order valence-electron chi connectivity index (χ2n) is 7.28. The molecule has 1 amide bonds. The first-order valence-corrected chi connectivity index (χ1v) is 10.4. The van der Waals surface area contributed by atoms with Crippen LogP contribution in [0.1, 0.15) is 23.6 Å². The second kappa shape index (κ2) is 10.7. The van der Waals surface area contributed by atoms with Gasteiger partial charge in [-0.25, -0.2) is 4.98 Å². The number of carbonyl (C=O) groups is 1. The van der Waals surface area contributed by atoms with Crippen LogP contribution in [0.5, 0.6) is 17.4 Å². The number of ether oxygens (including phenoxy) is 2. The first-order chi connectivity index (χ1) is 16.3. The SMILES string of the molecule is CCOc1cc(/C=C(/C#N)C(=O)Nc2ccc(C)c(C)c2)ccc1Oc1ccc([N+](=O)[O-])cn1. The highest BCUT2D eigenvalue weighted by atomic mass is 16.6. The van der Waals surface area contributed by atoms with Gasteiger partial charge in [0.05, 0.1) is 11.5 Å². The molecule has 1 N–H and O–H groups in total. The van der Waals surface area contributed by atoms with Crippen molar-refractivity contribution in [2.75, 3.05) is 11.9 Å². The lowest BCUT2D eigenvalue weighted by Gasteiger charge is -2.12. The summed E-state index contributed by atoms with van der Waals surface area (Å²) >= 11 is 0. The number of pyridine rings is 1. The summed E-state index contributed by atoms with van der Waals surface area (Å²) in [6.45, 7) is 6.06. The van der Waals surface area contributed by atoms with Crippen molar-refractivity contribution in [3.8, 4) is 23.4 Å². The Hall–Kier alpha value is -4.71. The maximum Gasteiger partial charge on any atom is 0.287 e. The van der Waals surface area contributed by atoms with Gasteiger partial charge < -0.3 is 14.8 Å². The summed E-state index contributed by atoms with van der Waals surface area (Å²) in [6, 6.07) is 15.0. The minimum atomic E-state index is -0.549. The molecule has 0 aliphatic rings. The van der Waals surface area contributed by atoms with E-state index in [1.165, 1.54) is 18.2 Å². The zero-order valence-electron chi connectivity index (χ0n) is 18.9. The molecule has 1 aromatic heterocycles. The van der Waals surface area contributed by atoms with Gasteiger partial charge in [-0.3, -0.25) is 14.9 Å². The van der Waals surface area contributed by atoms with E-state index < -0.39 is 10.8 Å². The minimum Gasteiger partial charge on any atom is -0.490 e. The van der Waals surface area contributed by atoms with Crippen LogP contribution in [-0.4, -0.2) is 22.4 Å². The fraction of sp³-hybridized carbons (Fsp3) is 0.160. The number of aromatic nitrogens is 1. The third-order valence-electron chi connectivity index (χ3n) is 4.85. The monoisotopic (exact) mass is 458 g/mol. The summed E-state index contributed by atoms with van der Waals surface area (Å²) in [5, 5.41) is 23.0. The number of hydrogen-bond donors (Lipinski definition) is 1. The normalized spacial score (nSPS) is 10.8. The Balaban J connectivity index is 1.83. The topological polar surface area (TPSA) is 127 Å². The highest BCUT2D eigenvalue weighted by Gasteiger charge is 2.13. The van der Waals surface area contributed by atoms with Crippen LogP contribution < -0.4 is 14.8 Å². The zero-order chi connectivity index (χ0) is 24.7. The van der Waals surface area contributed by atoms with Crippen LogP contribution in [0.2, 0.25) is 0 Å². The van der Waals surface area contributed by atoms with Gasteiger partial charge in [0.15, 0.2) is 11.5 Å². The Labute approximate surface area is 196 Å². The molecule has 0 atom stereocenters. The van der Waals surface area contributed by atoms with Crippen molar-refractivity contribution in [2.45, 2.75) is 20.8 Å². The molecule has 0 unspecified atom stereocenters. The second-order valence-corrected chi connectivity index (χ2v) is 7.28. The number of nitrogens with one attached hydrogen (secondary N) is 1. The fourth-order valence-corrected chi connectivity index (χ4v) is 2.95. The quantitative estimate of drug-likeness (QED) is 0.209. The number of amides is 1. The van der Waals surface area contributed by atoms with Crippen LogP contribution in [0.4, 0.5) is 11.4 Å². The third-order valence-corrected chi connectivity index (χ3v) is 4.85. The van der Waals surface area contributed by atoms with Gasteiger partial charge >= 0.3 is 0 Å². The number of nitriles is 1. The molecular formula is C25H22N4O5. The Bertz CT molecular complexity index is 1290. The Kier molecular flexibility index (Phi) is 7.56. The molecule has 0 radical (unpaired) electrons. The molecule has 9 heteroatoms. The Morgan fingerprint density at radius 2 is 1.94 bits per heavy atom. The van der Waals surface area contributed by atoms with Crippen molar-refractivity contribution in [3.05, 3.63) is 87.1 Å². The number of hydrogen-bond acceptors (Lipinski definition) is 7. The highest BCUT2D eigenvalue weighted by molar-refractivity contribution is 6.09. The van der Waals surface area contributed by atoms with Crippen molar-refractivity contribution in [2.24, 2.45) is 0 Å². The fourth-order valence-electron chi connectivity index (χ4n) is 2.95. The molecular weight excluding hydrogens is 436 g/mol. The number of aryl methyl sites for hydroxylation is 2. The lowest BCUT2D eigenvalue weighted by atomic mass is 10.1. The van der Waals surface area contributed by atoms with E-state index in [0.717, 1.165) is 17.3 Å². The molecule has 0 spiro atoms. The molecule has 1 heterocycles. The molecule has 3 rings (SSSR count). The van der Waals surface area contributed by atoms with Crippen LogP contribution >= 0.6 is 0 Å². The van der Waals surface area contributed by atoms with Crippen LogP contribution in [0.25, 0.3) is 6.08 Å². The number of nitro groups is 1. The van der Waals surface area contributed by atoms with Gasteiger partial charge in [0.25, 0.3) is 11.6 Å². The predicted octanol–water partition coefficient (Wildman–Crippen LogP) is 5.34. The van der Waals surface area contributed by atoms with E-state index in [2.05, 4.69) is 10.3 Å². The van der Waals surface area contributed by atoms with Crippen molar-refractivity contribution >= 4 is 23.4 Å². The lowest BCUT2D eigenvalue weighted by Crippen LogP contribution is -2.13. The molecule has 0 aliphatic heterocycles. The van der Waals surface area contributed by atoms with E-state index in [9.17, 15) is 20.2 Å². The average Bonchev–Trinajstić information content (AvgIpc) is 2.82. The number of benzene rings is 2. The third kappa shape index (κ3) is 5.95. The average molecular weight is 458 g/mol. The van der Waals surface area contributed by atoms with Gasteiger partial charge in [0.1, 0.15) is 17.8 Å². The van der Waals surface area contributed by atoms with Gasteiger partial charge in [-0.2, -0.15) is 5.26 Å². The summed E-state index contributed by atoms with van der Waals surface area (Å²) in [5.41, 5.74) is 3.05. The zero-order valence-corrected chi connectivity index (χ0v) is 18.9. The van der Waals surface area contributed by atoms with E-state index in [1.54, 1.807) is 31.2 Å². The molecule has 0 saturated heterocycles. The van der Waals surface area contributed by atoms with Crippen LogP contribution in [0, 0.1) is 35.3 Å². The molecule has 34 heavy (non-hydrogen) atoms. The first kappa shape index (κ1) is 23.9. The summed E-state index contributed by atoms with van der Waals surface area (Å²) in [4.78, 5) is 26.8. The number of carbonyl (C=O) groups excluding carboxylic acids is 1. The van der Waals surface area contributed by atoms with Crippen molar-refractivity contribution in [1.82, 2.24) is 4.98 Å². The van der Waals surface area contributed by atoms with E-state index in [-0.39, 0.29) is 17.1 Å². The largest absolute Gasteiger partial charge is 0.490 e. The van der Waals surface area contributed by atoms with Crippen LogP contribution in [0.15, 0.2) is 60.3 Å². The number of nitrogens with zero attached hydrogens (tertiary/aromatic N) is 3. The standard InChI is InChI=1S/C25H22N4O5/c1-4-33-23-13-18(6-9-22(23)34-24-10-8-21(15-27-24)29(31)32)12-19(14-26)25(30)28-20-7-5-16(2)17(3)11-20/h5-13,15H,4H2,1-3H3,(H,28,30)/b19-12-. The van der Waals surface area contributed by atoms with Gasteiger partial charge in [-0.05, 0) is 67.8 Å². The molecule has 0 bridgehead atoms.